The van der Waals surface area contributed by atoms with Crippen LogP contribution < -0.4 is 9.64 Å². The molecule has 0 N–H and O–H groups in total. The largest absolute Gasteiger partial charge is 0.461 e. The maximum atomic E-state index is 16.9. The van der Waals surface area contributed by atoms with Crippen molar-refractivity contribution in [3.63, 3.8) is 0 Å². The van der Waals surface area contributed by atoms with Crippen molar-refractivity contribution in [2.45, 2.75) is 43.9 Å². The molecule has 3 aromatic heterocycles. The van der Waals surface area contributed by atoms with Crippen molar-refractivity contribution in [2.75, 3.05) is 44.2 Å². The first kappa shape index (κ1) is 34.4. The van der Waals surface area contributed by atoms with Crippen LogP contribution in [-0.4, -0.2) is 97.7 Å². The number of aromatic nitrogens is 5. The van der Waals surface area contributed by atoms with E-state index in [9.17, 15) is 13.6 Å². The number of halogens is 4. The van der Waals surface area contributed by atoms with Crippen LogP contribution in [0.2, 0.25) is 0 Å². The fourth-order valence-electron chi connectivity index (χ4n) is 8.00. The number of alkyl halides is 1. The van der Waals surface area contributed by atoms with E-state index < -0.39 is 41.1 Å². The number of benzene rings is 2. The Kier molecular flexibility index (Phi) is 8.90. The van der Waals surface area contributed by atoms with Gasteiger partial charge in [-0.2, -0.15) is 9.97 Å². The van der Waals surface area contributed by atoms with E-state index in [1.165, 1.54) is 29.6 Å². The molecule has 2 aromatic carbocycles. The number of terminal acetylenes is 1. The van der Waals surface area contributed by atoms with E-state index in [1.54, 1.807) is 30.3 Å². The molecular weight excluding hydrogens is 688 g/mol. The number of nitrogens with zero attached hydrogens (tertiary/aromatic N) is 8. The van der Waals surface area contributed by atoms with E-state index in [2.05, 4.69) is 30.8 Å². The Balaban J connectivity index is 1.18. The molecule has 3 fully saturated rings. The molecule has 53 heavy (non-hydrogen) atoms. The van der Waals surface area contributed by atoms with Crippen molar-refractivity contribution in [1.29, 1.82) is 0 Å². The number of amides is 1. The fourth-order valence-corrected chi connectivity index (χ4v) is 8.00. The molecule has 6 heterocycles. The van der Waals surface area contributed by atoms with Gasteiger partial charge in [-0.3, -0.25) is 14.7 Å². The fraction of sp³-hybridized carbons (Fsp3) is 0.333. The number of carbonyl (C=O) groups excluding carboxylic acids is 1. The first-order chi connectivity index (χ1) is 25.7. The van der Waals surface area contributed by atoms with Crippen LogP contribution in [0.1, 0.15) is 37.6 Å². The first-order valence-corrected chi connectivity index (χ1v) is 17.4. The van der Waals surface area contributed by atoms with Crippen LogP contribution >= 0.6 is 0 Å². The Bertz CT molecular complexity index is 2320. The Morgan fingerprint density at radius 2 is 1.91 bits per heavy atom. The van der Waals surface area contributed by atoms with E-state index in [1.807, 2.05) is 11.8 Å². The molecule has 8 rings (SSSR count). The Morgan fingerprint density at radius 1 is 1.08 bits per heavy atom. The lowest BCUT2D eigenvalue weighted by atomic mass is 9.95. The number of rotatable bonds is 7. The predicted octanol–water partition coefficient (Wildman–Crippen LogP) is 5.90. The second-order valence-corrected chi connectivity index (χ2v) is 13.7. The number of anilines is 1. The van der Waals surface area contributed by atoms with Gasteiger partial charge in [-0.25, -0.2) is 27.5 Å². The maximum Gasteiger partial charge on any atom is 0.319 e. The zero-order chi connectivity index (χ0) is 36.9. The van der Waals surface area contributed by atoms with Gasteiger partial charge < -0.3 is 14.5 Å². The van der Waals surface area contributed by atoms with Crippen molar-refractivity contribution in [2.24, 2.45) is 0 Å². The van der Waals surface area contributed by atoms with E-state index in [0.29, 0.717) is 29.6 Å². The molecule has 5 aromatic rings. The zero-order valence-electron chi connectivity index (χ0n) is 28.8. The van der Waals surface area contributed by atoms with Gasteiger partial charge in [0, 0.05) is 74.3 Å². The third-order valence-electron chi connectivity index (χ3n) is 10.5. The number of fused-ring (bicyclic) bond motifs is 3. The number of carbonyl (C=O) groups is 1. The van der Waals surface area contributed by atoms with Gasteiger partial charge in [0.2, 0.25) is 0 Å². The van der Waals surface area contributed by atoms with Crippen molar-refractivity contribution in [3.05, 3.63) is 83.8 Å². The lowest BCUT2D eigenvalue weighted by molar-refractivity contribution is -0.129. The first-order valence-electron chi connectivity index (χ1n) is 17.4. The van der Waals surface area contributed by atoms with Crippen LogP contribution in [0, 0.1) is 24.0 Å². The molecule has 10 nitrogen and oxygen atoms in total. The number of piperazine rings is 1. The van der Waals surface area contributed by atoms with Crippen LogP contribution in [0.15, 0.2) is 60.8 Å². The molecule has 0 aliphatic carbocycles. The number of hydrogen-bond donors (Lipinski definition) is 0. The van der Waals surface area contributed by atoms with Crippen molar-refractivity contribution >= 4 is 39.5 Å². The minimum atomic E-state index is -0.997. The monoisotopic (exact) mass is 722 g/mol. The Labute approximate surface area is 302 Å². The lowest BCUT2D eigenvalue weighted by Gasteiger charge is -2.40. The van der Waals surface area contributed by atoms with Crippen molar-refractivity contribution < 1.29 is 27.1 Å². The van der Waals surface area contributed by atoms with E-state index in [4.69, 9.17) is 16.1 Å². The second-order valence-electron chi connectivity index (χ2n) is 13.7. The summed E-state index contributed by atoms with van der Waals surface area (Å²) in [5.41, 5.74) is -0.429. The molecule has 3 saturated heterocycles. The number of ether oxygens (including phenoxy) is 1. The van der Waals surface area contributed by atoms with E-state index in [-0.39, 0.29) is 65.8 Å². The van der Waals surface area contributed by atoms with E-state index in [0.717, 1.165) is 25.5 Å². The van der Waals surface area contributed by atoms with Gasteiger partial charge in [0.05, 0.1) is 16.5 Å². The number of pyridine rings is 1. The number of hydrogen-bond acceptors (Lipinski definition) is 9. The Hall–Kier alpha value is -5.68. The van der Waals surface area contributed by atoms with Crippen LogP contribution in [0.4, 0.5) is 23.4 Å². The molecule has 0 spiro atoms. The maximum absolute atomic E-state index is 16.9. The molecule has 270 valence electrons. The average molecular weight is 723 g/mol. The molecule has 0 saturated carbocycles. The third-order valence-corrected chi connectivity index (χ3v) is 10.5. The topological polar surface area (TPSA) is 100 Å². The quantitative estimate of drug-likeness (QED) is 0.116. The van der Waals surface area contributed by atoms with Crippen molar-refractivity contribution in [1.82, 2.24) is 34.7 Å². The third kappa shape index (κ3) is 6.18. The minimum absolute atomic E-state index is 0.0151. The summed E-state index contributed by atoms with van der Waals surface area (Å²) in [5.74, 6) is -0.442. The van der Waals surface area contributed by atoms with Gasteiger partial charge in [0.1, 0.15) is 35.6 Å². The summed E-state index contributed by atoms with van der Waals surface area (Å²) in [6, 6.07) is 8.99. The summed E-state index contributed by atoms with van der Waals surface area (Å²) in [5, 5.41) is 1.22. The van der Waals surface area contributed by atoms with Gasteiger partial charge in [0.25, 0.3) is 5.91 Å². The standard InChI is InChI=1S/C39H34F4N8O2/c1-3-26-29(41)10-9-24-7-4-8-27(32(24)26)34-33(43)35-28(19-46-34)36(48-38(47-35)53-22-39-11-5-14-50(39)21-25(40)18-39)51-16-15-49(20-23(51)2)37(52)30(42)17-31-44-12-6-13-45-31/h1,4,6-10,12-13,17,19,23,25H,5,11,14-16,18,20-22H2,2H3/b30-17-/t23-,25+,39-/m0/s1. The summed E-state index contributed by atoms with van der Waals surface area (Å²) in [6.45, 7) is 3.51. The van der Waals surface area contributed by atoms with Crippen molar-refractivity contribution in [3.8, 4) is 29.6 Å². The van der Waals surface area contributed by atoms with Gasteiger partial charge >= 0.3 is 6.01 Å². The summed E-state index contributed by atoms with van der Waals surface area (Å²) < 4.78 is 67.7. The molecule has 0 unspecified atom stereocenters. The highest BCUT2D eigenvalue weighted by Crippen LogP contribution is 2.41. The van der Waals surface area contributed by atoms with Crippen LogP contribution in [0.5, 0.6) is 6.01 Å². The van der Waals surface area contributed by atoms with Crippen LogP contribution in [-0.2, 0) is 4.79 Å². The van der Waals surface area contributed by atoms with Gasteiger partial charge in [0.15, 0.2) is 17.5 Å². The predicted molar refractivity (Wildman–Crippen MR) is 191 cm³/mol. The van der Waals surface area contributed by atoms with Gasteiger partial charge in [-0.1, -0.05) is 30.2 Å². The lowest BCUT2D eigenvalue weighted by Crippen LogP contribution is -2.54. The smallest absolute Gasteiger partial charge is 0.319 e. The molecule has 3 aliphatic heterocycles. The molecule has 0 radical (unpaired) electrons. The summed E-state index contributed by atoms with van der Waals surface area (Å²) in [4.78, 5) is 40.2. The van der Waals surface area contributed by atoms with Gasteiger partial charge in [-0.15, -0.1) is 6.42 Å². The summed E-state index contributed by atoms with van der Waals surface area (Å²) in [7, 11) is 0. The highest BCUT2D eigenvalue weighted by Gasteiger charge is 2.49. The minimum Gasteiger partial charge on any atom is -0.461 e. The molecule has 1 amide bonds. The second kappa shape index (κ2) is 13.7. The zero-order valence-corrected chi connectivity index (χ0v) is 28.8. The Morgan fingerprint density at radius 3 is 2.70 bits per heavy atom. The molecular formula is C39H34F4N8O2. The molecule has 14 heteroatoms. The van der Waals surface area contributed by atoms with E-state index >= 15 is 8.78 Å². The highest BCUT2D eigenvalue weighted by atomic mass is 19.1. The summed E-state index contributed by atoms with van der Waals surface area (Å²) >= 11 is 0. The average Bonchev–Trinajstić information content (AvgIpc) is 3.69. The SMILES string of the molecule is C#Cc1c(F)ccc2cccc(-c3ncc4c(N5CCN(C(=O)/C(F)=C/c6ncccn6)C[C@@H]5C)nc(OC[C@@]56CCCN5C[C@H](F)C6)nc4c3F)c12. The van der Waals surface area contributed by atoms with Crippen LogP contribution in [0.25, 0.3) is 39.0 Å². The normalized spacial score (nSPS) is 22.0. The molecule has 3 aliphatic rings. The highest BCUT2D eigenvalue weighted by molar-refractivity contribution is 6.02. The molecule has 0 bridgehead atoms. The molecule has 3 atom stereocenters. The van der Waals surface area contributed by atoms with Gasteiger partial charge in [-0.05, 0) is 43.8 Å². The van der Waals surface area contributed by atoms with Crippen LogP contribution in [0.3, 0.4) is 0 Å². The summed E-state index contributed by atoms with van der Waals surface area (Å²) in [6.07, 6.45) is 12.1.